The van der Waals surface area contributed by atoms with Crippen LogP contribution in [0.4, 0.5) is 28.6 Å². The number of nitrogens with zero attached hydrogens (tertiary/aromatic N) is 9. The monoisotopic (exact) mass is 1150 g/mol. The first kappa shape index (κ1) is 54.8. The molecule has 21 heteroatoms. The van der Waals surface area contributed by atoms with Gasteiger partial charge in [0.15, 0.2) is 5.82 Å². The van der Waals surface area contributed by atoms with Crippen LogP contribution < -0.4 is 10.2 Å². The van der Waals surface area contributed by atoms with E-state index in [-0.39, 0.29) is 0 Å². The lowest BCUT2D eigenvalue weighted by atomic mass is 9.77. The fraction of sp³-hybridized carbons (Fsp3) is 0.167. The fourth-order valence-corrected chi connectivity index (χ4v) is 11.1. The van der Waals surface area contributed by atoms with E-state index in [0.717, 1.165) is 59.7 Å². The van der Waals surface area contributed by atoms with Crippen LogP contribution in [-0.2, 0) is 20.6 Å². The molecular weight excluding hydrogens is 1100 g/mol. The fourth-order valence-electron chi connectivity index (χ4n) is 10.7. The van der Waals surface area contributed by atoms with E-state index in [1.54, 1.807) is 9.36 Å². The van der Waals surface area contributed by atoms with Gasteiger partial charge < -0.3 is 19.7 Å². The topological polar surface area (TPSA) is 242 Å². The van der Waals surface area contributed by atoms with Crippen molar-refractivity contribution in [3.05, 3.63) is 285 Å². The summed E-state index contributed by atoms with van der Waals surface area (Å²) in [6, 6.07) is 63.6. The molecule has 0 radical (unpaired) electrons. The number of nitrogens with one attached hydrogen (secondary N) is 1. The summed E-state index contributed by atoms with van der Waals surface area (Å²) < 4.78 is 14.4. The largest absolute Gasteiger partial charge is 0.379 e. The van der Waals surface area contributed by atoms with Crippen LogP contribution in [0.15, 0.2) is 211 Å². The zero-order chi connectivity index (χ0) is 56.5. The van der Waals surface area contributed by atoms with E-state index >= 15 is 0 Å². The summed E-state index contributed by atoms with van der Waals surface area (Å²) in [4.78, 5) is 46.6. The lowest BCUT2D eigenvalue weighted by Crippen LogP contribution is -2.40. The second kappa shape index (κ2) is 24.2. The smallest absolute Gasteiger partial charge is 0.348 e. The number of nitro groups is 4. The molecule has 0 spiro atoms. The molecule has 0 unspecified atom stereocenters. The molecule has 1 N–H and O–H groups in total. The van der Waals surface area contributed by atoms with Gasteiger partial charge in [0.1, 0.15) is 15.7 Å². The molecule has 8 aromatic carbocycles. The molecule has 0 saturated carbocycles. The number of ether oxygens (including phenoxy) is 2. The number of morpholine rings is 2. The molecule has 2 aliphatic rings. The molecule has 20 nitrogen and oxygen atoms in total. The van der Waals surface area contributed by atoms with Gasteiger partial charge >= 0.3 is 22.7 Å². The summed E-state index contributed by atoms with van der Waals surface area (Å²) in [5.41, 5.74) is 1.61. The number of hydrogen-bond donors (Lipinski definition) is 1. The quantitative estimate of drug-likeness (QED) is 0.0641. The Morgan fingerprint density at radius 3 is 1.02 bits per heavy atom. The van der Waals surface area contributed by atoms with Crippen molar-refractivity contribution in [3.8, 4) is 0 Å². The van der Waals surface area contributed by atoms with Gasteiger partial charge in [0.2, 0.25) is 0 Å². The van der Waals surface area contributed by atoms with Crippen LogP contribution in [0.2, 0.25) is 0 Å². The number of hydrogen-bond acceptors (Lipinski definition) is 14. The van der Waals surface area contributed by atoms with E-state index in [4.69, 9.17) is 19.7 Å². The molecule has 10 aromatic rings. The van der Waals surface area contributed by atoms with Crippen molar-refractivity contribution < 1.29 is 29.2 Å². The van der Waals surface area contributed by atoms with Gasteiger partial charge in [-0.3, -0.25) is 40.5 Å². The van der Waals surface area contributed by atoms with Crippen molar-refractivity contribution >= 4 is 66.3 Å². The molecule has 408 valence electrons. The SMILES string of the molecule is C1COCCN1.O=[N+]([O-])c1cc2c(Br)nn(C(c3ccccc3)(c3ccccc3)c3ccccc3)c2cc1[N+](=O)[O-].O=[N+]([O-])c1cc2c(N3CCOCC3)nn(C(c3ccccc3)(c3ccccc3)c3ccccc3)c2cc1[N+](=O)[O-]. The van der Waals surface area contributed by atoms with Crippen LogP contribution in [0.3, 0.4) is 0 Å². The molecule has 2 fully saturated rings. The van der Waals surface area contributed by atoms with Crippen LogP contribution in [0.1, 0.15) is 33.4 Å². The zero-order valence-corrected chi connectivity index (χ0v) is 44.9. The van der Waals surface area contributed by atoms with Gasteiger partial charge in [0.25, 0.3) is 0 Å². The Bertz CT molecular complexity index is 3640. The number of fused-ring (bicyclic) bond motifs is 2. The molecule has 4 heterocycles. The molecule has 2 aromatic heterocycles. The van der Waals surface area contributed by atoms with Crippen LogP contribution in [0, 0.1) is 40.5 Å². The highest BCUT2D eigenvalue weighted by molar-refractivity contribution is 9.10. The summed E-state index contributed by atoms with van der Waals surface area (Å²) in [6.07, 6.45) is 0. The molecule has 12 rings (SSSR count). The lowest BCUT2D eigenvalue weighted by Gasteiger charge is -2.37. The van der Waals surface area contributed by atoms with Crippen LogP contribution >= 0.6 is 15.9 Å². The number of benzene rings is 8. The van der Waals surface area contributed by atoms with Gasteiger partial charge in [0.05, 0.1) is 62.5 Å². The third-order valence-corrected chi connectivity index (χ3v) is 14.8. The third-order valence-electron chi connectivity index (χ3n) is 14.2. The van der Waals surface area contributed by atoms with E-state index in [1.165, 1.54) is 24.3 Å². The summed E-state index contributed by atoms with van der Waals surface area (Å²) in [7, 11) is 0. The third kappa shape index (κ3) is 10.6. The average Bonchev–Trinajstić information content (AvgIpc) is 4.23. The van der Waals surface area contributed by atoms with E-state index in [1.807, 2.05) is 187 Å². The van der Waals surface area contributed by atoms with Crippen LogP contribution in [-0.4, -0.2) is 91.9 Å². The van der Waals surface area contributed by atoms with Crippen molar-refractivity contribution in [2.45, 2.75) is 11.1 Å². The maximum atomic E-state index is 12.1. The molecule has 81 heavy (non-hydrogen) atoms. The van der Waals surface area contributed by atoms with Crippen molar-refractivity contribution in [1.82, 2.24) is 24.9 Å². The van der Waals surface area contributed by atoms with Gasteiger partial charge in [-0.15, -0.1) is 0 Å². The number of nitro benzene ring substituents is 4. The standard InChI is InChI=1S/C30H25N5O5.C26H17BrN4O4.C4H9NO/c36-34(37)27-20-25-26(21-28(27)35(38)39)33(31-29(25)32-16-18-40-19-17-32)30(22-10-4-1-5-11-22,23-12-6-2-7-13-23)24-14-8-3-9-15-24;27-25-21-16-23(30(32)33)24(31(34)35)17-22(21)29(28-25)26(18-10-4-1-5-11-18,19-12-6-2-7-13-19)20-14-8-3-9-15-20;1-3-6-4-2-5-1/h1-15,20-21H,16-19H2;1-17H;5H,1-4H2. The molecule has 0 bridgehead atoms. The lowest BCUT2D eigenvalue weighted by molar-refractivity contribution is -0.422. The van der Waals surface area contributed by atoms with Crippen molar-refractivity contribution in [2.75, 3.05) is 57.5 Å². The minimum atomic E-state index is -1.06. The molecule has 0 atom stereocenters. The maximum Gasteiger partial charge on any atom is 0.348 e. The van der Waals surface area contributed by atoms with Gasteiger partial charge in [-0.1, -0.05) is 182 Å². The zero-order valence-electron chi connectivity index (χ0n) is 43.3. The van der Waals surface area contributed by atoms with Crippen molar-refractivity contribution in [2.24, 2.45) is 0 Å². The van der Waals surface area contributed by atoms with Crippen molar-refractivity contribution in [1.29, 1.82) is 0 Å². The van der Waals surface area contributed by atoms with Crippen LogP contribution in [0.5, 0.6) is 0 Å². The van der Waals surface area contributed by atoms with Gasteiger partial charge in [0, 0.05) is 55.8 Å². The minimum Gasteiger partial charge on any atom is -0.379 e. The van der Waals surface area contributed by atoms with Gasteiger partial charge in [-0.2, -0.15) is 10.2 Å². The molecule has 0 aliphatic carbocycles. The van der Waals surface area contributed by atoms with Crippen LogP contribution in [0.25, 0.3) is 21.8 Å². The first-order chi connectivity index (χ1) is 39.5. The summed E-state index contributed by atoms with van der Waals surface area (Å²) >= 11 is 3.45. The summed E-state index contributed by atoms with van der Waals surface area (Å²) in [5, 5.41) is 61.4. The van der Waals surface area contributed by atoms with E-state index in [9.17, 15) is 40.5 Å². The summed E-state index contributed by atoms with van der Waals surface area (Å²) in [5.74, 6) is 0.517. The maximum absolute atomic E-state index is 12.1. The normalized spacial score (nSPS) is 13.6. The highest BCUT2D eigenvalue weighted by Crippen LogP contribution is 2.48. The first-order valence-electron chi connectivity index (χ1n) is 25.8. The highest BCUT2D eigenvalue weighted by Gasteiger charge is 2.44. The van der Waals surface area contributed by atoms with E-state index in [0.29, 0.717) is 58.5 Å². The Morgan fingerprint density at radius 2 is 0.716 bits per heavy atom. The highest BCUT2D eigenvalue weighted by atomic mass is 79.9. The number of rotatable bonds is 13. The molecular formula is C60H51BrN10O10. The van der Waals surface area contributed by atoms with Gasteiger partial charge in [-0.05, 0) is 49.3 Å². The number of aromatic nitrogens is 4. The Balaban J connectivity index is 0.000000166. The van der Waals surface area contributed by atoms with E-state index < -0.39 is 53.5 Å². The molecule has 0 amide bonds. The second-order valence-electron chi connectivity index (χ2n) is 18.8. The number of halogens is 1. The summed E-state index contributed by atoms with van der Waals surface area (Å²) in [6.45, 7) is 5.85. The molecule has 2 aliphatic heterocycles. The second-order valence-corrected chi connectivity index (χ2v) is 19.5. The minimum absolute atomic E-state index is 0.345. The van der Waals surface area contributed by atoms with Gasteiger partial charge in [-0.25, -0.2) is 9.36 Å². The van der Waals surface area contributed by atoms with E-state index in [2.05, 4.69) is 21.2 Å². The predicted octanol–water partition coefficient (Wildman–Crippen LogP) is 11.6. The average molecular weight is 1150 g/mol. The predicted molar refractivity (Wildman–Crippen MR) is 310 cm³/mol. The Morgan fingerprint density at radius 1 is 0.420 bits per heavy atom. The first-order valence-corrected chi connectivity index (χ1v) is 26.6. The Hall–Kier alpha value is -9.54. The number of anilines is 1. The Labute approximate surface area is 471 Å². The van der Waals surface area contributed by atoms with Crippen molar-refractivity contribution in [3.63, 3.8) is 0 Å². The Kier molecular flexibility index (Phi) is 16.4. The molecule has 2 saturated heterocycles.